The molecule has 3 fully saturated rings. The molecule has 1 spiro atoms. The van der Waals surface area contributed by atoms with Gasteiger partial charge in [0.1, 0.15) is 0 Å². The lowest BCUT2D eigenvalue weighted by molar-refractivity contribution is 0.129. The Bertz CT molecular complexity index is 492. The molecule has 0 aromatic heterocycles. The highest BCUT2D eigenvalue weighted by atomic mass is 16.2. The van der Waals surface area contributed by atoms with Crippen molar-refractivity contribution in [2.45, 2.75) is 66.7 Å². The number of aliphatic hydroxyl groups excluding tert-OH is 1. The van der Waals surface area contributed by atoms with Crippen molar-refractivity contribution in [1.82, 2.24) is 0 Å². The molecule has 0 saturated heterocycles. The van der Waals surface area contributed by atoms with E-state index in [0.29, 0.717) is 17.3 Å². The minimum Gasteiger partial charge on any atom is -0.516 e. The summed E-state index contributed by atoms with van der Waals surface area (Å²) in [6.45, 7) is 12.0. The Morgan fingerprint density at radius 2 is 1.92 bits per heavy atom. The fourth-order valence-corrected chi connectivity index (χ4v) is 7.06. The maximum absolute atomic E-state index is 9.22. The first-order chi connectivity index (χ1) is 11.4. The van der Waals surface area contributed by atoms with Gasteiger partial charge in [0.25, 0.3) is 0 Å². The van der Waals surface area contributed by atoms with E-state index in [4.69, 9.17) is 0 Å². The zero-order chi connectivity index (χ0) is 17.5. The lowest BCUT2D eigenvalue weighted by atomic mass is 9.68. The monoisotopic (exact) mass is 330 g/mol. The first kappa shape index (κ1) is 18.1. The zero-order valence-corrected chi connectivity index (χ0v) is 16.4. The number of allylic oxidation sites excluding steroid dienone is 3. The topological polar surface area (TPSA) is 20.2 Å². The predicted molar refractivity (Wildman–Crippen MR) is 103 cm³/mol. The van der Waals surface area contributed by atoms with Gasteiger partial charge in [-0.25, -0.2) is 0 Å². The molecule has 3 saturated carbocycles. The van der Waals surface area contributed by atoms with Crippen molar-refractivity contribution >= 4 is 0 Å². The van der Waals surface area contributed by atoms with Crippen molar-refractivity contribution in [1.29, 1.82) is 0 Å². The predicted octanol–water partition coefficient (Wildman–Crippen LogP) is 6.62. The highest BCUT2D eigenvalue weighted by Gasteiger charge is 2.69. The molecule has 0 bridgehead atoms. The molecule has 8 unspecified atom stereocenters. The second-order valence-electron chi connectivity index (χ2n) is 9.52. The van der Waals surface area contributed by atoms with Gasteiger partial charge in [0.2, 0.25) is 0 Å². The first-order valence-corrected chi connectivity index (χ1v) is 10.4. The van der Waals surface area contributed by atoms with Gasteiger partial charge in [-0.1, -0.05) is 46.8 Å². The molecule has 3 aliphatic rings. The van der Waals surface area contributed by atoms with Crippen LogP contribution in [0.1, 0.15) is 66.7 Å². The lowest BCUT2D eigenvalue weighted by Gasteiger charge is -2.36. The normalized spacial score (nSPS) is 46.9. The number of aliphatic hydroxyl groups is 1. The van der Waals surface area contributed by atoms with E-state index in [-0.39, 0.29) is 0 Å². The molecule has 0 aromatic carbocycles. The summed E-state index contributed by atoms with van der Waals surface area (Å²) in [6, 6.07) is 0. The zero-order valence-electron chi connectivity index (χ0n) is 16.4. The third kappa shape index (κ3) is 2.97. The van der Waals surface area contributed by atoms with Crippen molar-refractivity contribution in [3.63, 3.8) is 0 Å². The van der Waals surface area contributed by atoms with E-state index in [2.05, 4.69) is 46.8 Å². The maximum Gasteiger partial charge on any atom is 0.0754 e. The van der Waals surface area contributed by atoms with Crippen LogP contribution >= 0.6 is 0 Å². The summed E-state index contributed by atoms with van der Waals surface area (Å²) in [5.74, 6) is 6.76. The Kier molecular flexibility index (Phi) is 5.19. The fraction of sp³-hybridized carbons (Fsp3) is 0.826. The van der Waals surface area contributed by atoms with Crippen molar-refractivity contribution in [2.24, 2.45) is 52.8 Å². The van der Waals surface area contributed by atoms with Gasteiger partial charge in [-0.2, -0.15) is 0 Å². The van der Waals surface area contributed by atoms with Crippen molar-refractivity contribution in [3.05, 3.63) is 24.5 Å². The van der Waals surface area contributed by atoms with Crippen LogP contribution in [0.4, 0.5) is 0 Å². The highest BCUT2D eigenvalue weighted by molar-refractivity contribution is 5.18. The van der Waals surface area contributed by atoms with Crippen molar-refractivity contribution < 1.29 is 5.11 Å². The Hall–Kier alpha value is -0.720. The van der Waals surface area contributed by atoms with Gasteiger partial charge in [-0.05, 0) is 90.9 Å². The summed E-state index contributed by atoms with van der Waals surface area (Å²) < 4.78 is 0. The molecule has 1 nitrogen and oxygen atoms in total. The molecule has 0 aliphatic heterocycles. The average Bonchev–Trinajstić information content (AvgIpc) is 2.95. The van der Waals surface area contributed by atoms with Gasteiger partial charge in [0.05, 0.1) is 6.26 Å². The standard InChI is InChI=1S/C23H38O/c1-6-7-8-15(2)11-20-12-19(16(3)9-10-24)14-23(20)13-17(4)21-18(5)22(21)23/h7-10,15-22,24H,6,11-14H2,1-5H3/b8-7-,10-9-/t15?,16?,17?,18?,19-,20?,21?,22?,23?/m0/s1. The van der Waals surface area contributed by atoms with Crippen molar-refractivity contribution in [2.75, 3.05) is 0 Å². The highest BCUT2D eigenvalue weighted by Crippen LogP contribution is 2.76. The van der Waals surface area contributed by atoms with E-state index in [0.717, 1.165) is 41.9 Å². The largest absolute Gasteiger partial charge is 0.516 e. The van der Waals surface area contributed by atoms with Crippen LogP contribution in [0.25, 0.3) is 0 Å². The van der Waals surface area contributed by atoms with Crippen LogP contribution in [0, 0.1) is 52.8 Å². The average molecular weight is 331 g/mol. The van der Waals surface area contributed by atoms with Crippen LogP contribution in [0.15, 0.2) is 24.5 Å². The van der Waals surface area contributed by atoms with E-state index in [1.54, 1.807) is 0 Å². The summed E-state index contributed by atoms with van der Waals surface area (Å²) in [7, 11) is 0. The molecule has 3 aliphatic carbocycles. The molecule has 1 heteroatoms. The molecule has 1 N–H and O–H groups in total. The number of fused-ring (bicyclic) bond motifs is 2. The molecule has 0 radical (unpaired) electrons. The van der Waals surface area contributed by atoms with E-state index in [9.17, 15) is 5.11 Å². The van der Waals surface area contributed by atoms with Gasteiger partial charge in [-0.15, -0.1) is 0 Å². The summed E-state index contributed by atoms with van der Waals surface area (Å²) in [4.78, 5) is 0. The Labute approximate surface area is 149 Å². The minimum atomic E-state index is 0.516. The summed E-state index contributed by atoms with van der Waals surface area (Å²) >= 11 is 0. The molecule has 24 heavy (non-hydrogen) atoms. The molecule has 136 valence electrons. The van der Waals surface area contributed by atoms with E-state index in [1.165, 1.54) is 31.9 Å². The third-order valence-corrected chi connectivity index (χ3v) is 8.00. The quantitative estimate of drug-likeness (QED) is 0.428. The van der Waals surface area contributed by atoms with Crippen LogP contribution in [-0.4, -0.2) is 5.11 Å². The second kappa shape index (κ2) is 6.89. The maximum atomic E-state index is 9.22. The smallest absolute Gasteiger partial charge is 0.0754 e. The van der Waals surface area contributed by atoms with Crippen LogP contribution < -0.4 is 0 Å². The minimum absolute atomic E-state index is 0.516. The van der Waals surface area contributed by atoms with Crippen LogP contribution in [-0.2, 0) is 0 Å². The fourth-order valence-electron chi connectivity index (χ4n) is 7.06. The third-order valence-electron chi connectivity index (χ3n) is 8.00. The van der Waals surface area contributed by atoms with Gasteiger partial charge < -0.3 is 5.11 Å². The van der Waals surface area contributed by atoms with Crippen molar-refractivity contribution in [3.8, 4) is 0 Å². The molecular weight excluding hydrogens is 292 g/mol. The lowest BCUT2D eigenvalue weighted by Crippen LogP contribution is -2.29. The van der Waals surface area contributed by atoms with Gasteiger partial charge in [0.15, 0.2) is 0 Å². The Morgan fingerprint density at radius 1 is 1.17 bits per heavy atom. The van der Waals surface area contributed by atoms with Gasteiger partial charge in [0, 0.05) is 0 Å². The van der Waals surface area contributed by atoms with Gasteiger partial charge in [-0.3, -0.25) is 0 Å². The van der Waals surface area contributed by atoms with Crippen LogP contribution in [0.3, 0.4) is 0 Å². The Morgan fingerprint density at radius 3 is 2.50 bits per heavy atom. The molecule has 9 atom stereocenters. The molecular formula is C23H38O. The van der Waals surface area contributed by atoms with E-state index in [1.807, 2.05) is 6.08 Å². The number of hydrogen-bond donors (Lipinski definition) is 1. The van der Waals surface area contributed by atoms with Crippen LogP contribution in [0.5, 0.6) is 0 Å². The molecule has 3 rings (SSSR count). The summed E-state index contributed by atoms with van der Waals surface area (Å²) in [5, 5.41) is 9.22. The SMILES string of the molecule is CC/C=C\C(C)CC1C[C@H](C(C)/C=C\O)CC12CC(C)C1C(C)C12. The number of rotatable bonds is 6. The van der Waals surface area contributed by atoms with Gasteiger partial charge >= 0.3 is 0 Å². The molecule has 0 amide bonds. The Balaban J connectivity index is 1.79. The summed E-state index contributed by atoms with van der Waals surface area (Å²) in [5.41, 5.74) is 0.611. The second-order valence-corrected chi connectivity index (χ2v) is 9.52. The van der Waals surface area contributed by atoms with E-state index >= 15 is 0 Å². The number of hydrogen-bond acceptors (Lipinski definition) is 1. The molecule has 0 aromatic rings. The molecule has 0 heterocycles. The van der Waals surface area contributed by atoms with E-state index < -0.39 is 0 Å². The first-order valence-electron chi connectivity index (χ1n) is 10.4. The van der Waals surface area contributed by atoms with Crippen LogP contribution in [0.2, 0.25) is 0 Å². The summed E-state index contributed by atoms with van der Waals surface area (Å²) in [6.07, 6.45) is 14.9.